The summed E-state index contributed by atoms with van der Waals surface area (Å²) in [6.07, 6.45) is 7.29. The Hall–Kier alpha value is -4.98. The summed E-state index contributed by atoms with van der Waals surface area (Å²) in [6.45, 7) is 0. The van der Waals surface area contributed by atoms with Gasteiger partial charge in [-0.1, -0.05) is 127 Å². The number of rotatable bonds is 4. The maximum Gasteiger partial charge on any atom is 0.0349 e. The molecule has 1 aromatic heterocycles. The van der Waals surface area contributed by atoms with E-state index in [0.717, 1.165) is 6.42 Å². The molecule has 1 fully saturated rings. The highest BCUT2D eigenvalue weighted by Crippen LogP contribution is 2.70. The zero-order valence-corrected chi connectivity index (χ0v) is 26.3. The van der Waals surface area contributed by atoms with Crippen LogP contribution in [0, 0.1) is 17.3 Å². The largest absolute Gasteiger partial charge is 0.135 e. The first-order chi connectivity index (χ1) is 22.8. The summed E-state index contributed by atoms with van der Waals surface area (Å²) in [7, 11) is 0. The van der Waals surface area contributed by atoms with Crippen molar-refractivity contribution in [3.63, 3.8) is 0 Å². The Bertz CT molecular complexity index is 2490. The van der Waals surface area contributed by atoms with Crippen LogP contribution in [0.4, 0.5) is 0 Å². The molecule has 7 aromatic rings. The summed E-state index contributed by atoms with van der Waals surface area (Å²) in [4.78, 5) is 2.64. The summed E-state index contributed by atoms with van der Waals surface area (Å²) in [5, 5.41) is 8.05. The first-order valence-corrected chi connectivity index (χ1v) is 17.3. The highest BCUT2D eigenvalue weighted by atomic mass is 32.1. The van der Waals surface area contributed by atoms with Crippen LogP contribution >= 0.6 is 11.3 Å². The highest BCUT2D eigenvalue weighted by Gasteiger charge is 2.63. The van der Waals surface area contributed by atoms with Gasteiger partial charge in [0.05, 0.1) is 0 Å². The van der Waals surface area contributed by atoms with Crippen LogP contribution in [0.2, 0.25) is 0 Å². The molecule has 1 spiro atoms. The molecule has 3 atom stereocenters. The molecule has 3 aliphatic rings. The summed E-state index contributed by atoms with van der Waals surface area (Å²) >= 11 is 1.89. The Morgan fingerprint density at radius 3 is 1.89 bits per heavy atom. The van der Waals surface area contributed by atoms with Gasteiger partial charge in [0.15, 0.2) is 0 Å². The third-order valence-corrected chi connectivity index (χ3v) is 12.0. The van der Waals surface area contributed by atoms with E-state index in [1.807, 2.05) is 11.3 Å². The second-order valence-electron chi connectivity index (χ2n) is 13.3. The zero-order chi connectivity index (χ0) is 30.2. The molecule has 0 N–H and O–H groups in total. The van der Waals surface area contributed by atoms with Crippen LogP contribution in [0.5, 0.6) is 0 Å². The van der Waals surface area contributed by atoms with Crippen molar-refractivity contribution in [1.82, 2.24) is 0 Å². The zero-order valence-electron chi connectivity index (χ0n) is 25.5. The minimum Gasteiger partial charge on any atom is -0.135 e. The van der Waals surface area contributed by atoms with Crippen LogP contribution < -0.4 is 10.4 Å². The monoisotopic (exact) mass is 604 g/mol. The molecule has 0 aliphatic heterocycles. The number of allylic oxidation sites excluding steroid dienone is 2. The van der Waals surface area contributed by atoms with E-state index in [2.05, 4.69) is 158 Å². The normalized spacial score (nSPS) is 21.2. The fraction of sp³-hybridized carbons (Fsp3) is 0.111. The van der Waals surface area contributed by atoms with Crippen LogP contribution in [0.15, 0.2) is 158 Å². The van der Waals surface area contributed by atoms with E-state index in [1.54, 1.807) is 5.57 Å². The minimum absolute atomic E-state index is 0.120. The standard InChI is InChI=1S/C45H32S/c1-2-11-31(12-3-1)41-23-24-42(46-41)34-21-22-38-39(27-34)44(36-20-18-30-10-5-7-14-33(30)26-36)45-28-37(45)15-8-16-40(45)43(38)35-19-17-29-9-4-6-13-32(29)25-35/h1-15,17-27,37,40H,16,28H2. The Labute approximate surface area is 273 Å². The van der Waals surface area contributed by atoms with E-state index in [0.29, 0.717) is 11.8 Å². The molecule has 3 unspecified atom stereocenters. The average Bonchev–Trinajstić information content (AvgIpc) is 3.64. The minimum atomic E-state index is 0.120. The highest BCUT2D eigenvalue weighted by molar-refractivity contribution is 7.18. The third-order valence-electron chi connectivity index (χ3n) is 10.9. The molecule has 10 rings (SSSR count). The molecule has 6 aromatic carbocycles. The second-order valence-corrected chi connectivity index (χ2v) is 14.4. The number of fused-ring (bicyclic) bond motifs is 3. The van der Waals surface area contributed by atoms with Gasteiger partial charge in [-0.3, -0.25) is 0 Å². The maximum absolute atomic E-state index is 2.53. The molecule has 46 heavy (non-hydrogen) atoms. The fourth-order valence-electron chi connectivity index (χ4n) is 8.68. The molecule has 0 bridgehead atoms. The van der Waals surface area contributed by atoms with Gasteiger partial charge in [-0.2, -0.15) is 0 Å². The van der Waals surface area contributed by atoms with Crippen LogP contribution in [-0.2, 0) is 0 Å². The van der Waals surface area contributed by atoms with Gasteiger partial charge in [0.1, 0.15) is 0 Å². The molecule has 3 aliphatic carbocycles. The maximum atomic E-state index is 2.53. The van der Waals surface area contributed by atoms with Gasteiger partial charge in [0.25, 0.3) is 0 Å². The summed E-state index contributed by atoms with van der Waals surface area (Å²) in [6, 6.07) is 54.6. The molecule has 218 valence electrons. The molecule has 1 saturated carbocycles. The van der Waals surface area contributed by atoms with Gasteiger partial charge in [-0.25, -0.2) is 0 Å². The number of hydrogen-bond donors (Lipinski definition) is 0. The summed E-state index contributed by atoms with van der Waals surface area (Å²) in [5.41, 5.74) is 8.54. The van der Waals surface area contributed by atoms with E-state index in [1.165, 1.54) is 76.0 Å². The molecule has 1 heterocycles. The quantitative estimate of drug-likeness (QED) is 0.175. The van der Waals surface area contributed by atoms with Crippen molar-refractivity contribution in [1.29, 1.82) is 0 Å². The van der Waals surface area contributed by atoms with Crippen molar-refractivity contribution in [2.24, 2.45) is 17.3 Å². The number of hydrogen-bond acceptors (Lipinski definition) is 1. The summed E-state index contributed by atoms with van der Waals surface area (Å²) < 4.78 is 0. The van der Waals surface area contributed by atoms with Crippen LogP contribution in [-0.4, -0.2) is 0 Å². The Kier molecular flexibility index (Phi) is 5.71. The molecular weight excluding hydrogens is 573 g/mol. The van der Waals surface area contributed by atoms with Crippen molar-refractivity contribution in [3.05, 3.63) is 179 Å². The van der Waals surface area contributed by atoms with Crippen molar-refractivity contribution >= 4 is 44.0 Å². The van der Waals surface area contributed by atoms with Gasteiger partial charge in [-0.05, 0) is 120 Å². The lowest BCUT2D eigenvalue weighted by atomic mass is 9.65. The lowest BCUT2D eigenvalue weighted by Crippen LogP contribution is -2.43. The Morgan fingerprint density at radius 1 is 0.500 bits per heavy atom. The third kappa shape index (κ3) is 3.92. The molecule has 1 heteroatoms. The van der Waals surface area contributed by atoms with E-state index >= 15 is 0 Å². The molecular formula is C45H32S. The lowest BCUT2D eigenvalue weighted by Gasteiger charge is -2.38. The van der Waals surface area contributed by atoms with Crippen molar-refractivity contribution in [2.75, 3.05) is 0 Å². The number of benzene rings is 6. The van der Waals surface area contributed by atoms with Crippen molar-refractivity contribution in [2.45, 2.75) is 12.8 Å². The van der Waals surface area contributed by atoms with Crippen molar-refractivity contribution < 1.29 is 0 Å². The van der Waals surface area contributed by atoms with Crippen LogP contribution in [0.25, 0.3) is 53.6 Å². The molecule has 0 radical (unpaired) electrons. The SMILES string of the molecule is C1=CC2CC23C(c2ccc4ccccc4c2)=c2cc(-c4ccc(-c5ccccc5)s4)ccc2=C(c2ccc4ccccc4c2)C3C1. The Balaban J connectivity index is 1.28. The van der Waals surface area contributed by atoms with E-state index in [4.69, 9.17) is 0 Å². The first-order valence-electron chi connectivity index (χ1n) is 16.5. The van der Waals surface area contributed by atoms with E-state index in [-0.39, 0.29) is 5.41 Å². The van der Waals surface area contributed by atoms with Gasteiger partial charge in [-0.15, -0.1) is 11.3 Å². The molecule has 0 nitrogen and oxygen atoms in total. The molecule has 0 amide bonds. The van der Waals surface area contributed by atoms with E-state index in [9.17, 15) is 0 Å². The smallest absolute Gasteiger partial charge is 0.0349 e. The van der Waals surface area contributed by atoms with Crippen LogP contribution in [0.3, 0.4) is 0 Å². The predicted octanol–water partition coefficient (Wildman–Crippen LogP) is 10.4. The van der Waals surface area contributed by atoms with Gasteiger partial charge < -0.3 is 0 Å². The van der Waals surface area contributed by atoms with Gasteiger partial charge in [0.2, 0.25) is 0 Å². The summed E-state index contributed by atoms with van der Waals surface area (Å²) in [5.74, 6) is 1.03. The number of thiophene rings is 1. The van der Waals surface area contributed by atoms with Gasteiger partial charge in [0, 0.05) is 15.2 Å². The second kappa shape index (κ2) is 10.0. The van der Waals surface area contributed by atoms with Gasteiger partial charge >= 0.3 is 0 Å². The first kappa shape index (κ1) is 26.3. The average molecular weight is 605 g/mol. The topological polar surface area (TPSA) is 0 Å². The predicted molar refractivity (Wildman–Crippen MR) is 195 cm³/mol. The molecule has 0 saturated heterocycles. The fourth-order valence-corrected chi connectivity index (χ4v) is 9.69. The lowest BCUT2D eigenvalue weighted by molar-refractivity contribution is 0.445. The Morgan fingerprint density at radius 2 is 1.13 bits per heavy atom. The van der Waals surface area contributed by atoms with Crippen molar-refractivity contribution in [3.8, 4) is 20.9 Å². The van der Waals surface area contributed by atoms with Crippen LogP contribution in [0.1, 0.15) is 24.0 Å². The van der Waals surface area contributed by atoms with E-state index < -0.39 is 0 Å².